The molecule has 2 saturated carbocycles. The van der Waals surface area contributed by atoms with Gasteiger partial charge >= 0.3 is 0 Å². The third-order valence-corrected chi connectivity index (χ3v) is 7.26. The summed E-state index contributed by atoms with van der Waals surface area (Å²) in [6.07, 6.45) is 2.16. The second kappa shape index (κ2) is 10.2. The molecule has 2 aromatic carbocycles. The topological polar surface area (TPSA) is 66.0 Å². The molecular formula is C28H34ClNO5. The molecule has 0 aromatic heterocycles. The molecule has 1 aliphatic heterocycles. The summed E-state index contributed by atoms with van der Waals surface area (Å²) in [5.41, 5.74) is 0.908. The number of rotatable bonds is 9. The van der Waals surface area contributed by atoms with E-state index in [1.807, 2.05) is 68.4 Å². The van der Waals surface area contributed by atoms with Gasteiger partial charge in [0, 0.05) is 24.4 Å². The lowest BCUT2D eigenvalue weighted by Crippen LogP contribution is -2.60. The van der Waals surface area contributed by atoms with Gasteiger partial charge in [-0.05, 0) is 55.9 Å². The molecular weight excluding hydrogens is 466 g/mol. The van der Waals surface area contributed by atoms with Gasteiger partial charge in [0.2, 0.25) is 0 Å². The van der Waals surface area contributed by atoms with Gasteiger partial charge in [-0.2, -0.15) is 0 Å². The Morgan fingerprint density at radius 3 is 2.54 bits per heavy atom. The number of hydrogen-bond donors (Lipinski definition) is 1. The lowest BCUT2D eigenvalue weighted by molar-refractivity contribution is -0.183. The second-order valence-electron chi connectivity index (χ2n) is 10.4. The van der Waals surface area contributed by atoms with Crippen molar-refractivity contribution in [1.82, 2.24) is 5.32 Å². The summed E-state index contributed by atoms with van der Waals surface area (Å²) in [5, 5.41) is 3.82. The van der Waals surface area contributed by atoms with Crippen LogP contribution in [0.2, 0.25) is 5.02 Å². The van der Waals surface area contributed by atoms with Gasteiger partial charge in [-0.1, -0.05) is 54.1 Å². The monoisotopic (exact) mass is 499 g/mol. The van der Waals surface area contributed by atoms with Crippen LogP contribution in [0, 0.1) is 5.92 Å². The van der Waals surface area contributed by atoms with Crippen LogP contribution >= 0.6 is 11.6 Å². The molecule has 35 heavy (non-hydrogen) atoms. The minimum absolute atomic E-state index is 0.0940. The average molecular weight is 500 g/mol. The Labute approximate surface area is 212 Å². The minimum atomic E-state index is -1.07. The molecule has 1 saturated heterocycles. The molecule has 1 amide bonds. The molecule has 0 unspecified atom stereocenters. The van der Waals surface area contributed by atoms with Crippen LogP contribution < -0.4 is 5.32 Å². The SMILES string of the molecule is CC1(C)O[C@H]2[C@H](OCc3cccc(Cl)c3)C[C@](OCc3ccccc3)(C(=O)NCC3CC3)C[C@H]2O1. The Kier molecular flexibility index (Phi) is 7.20. The van der Waals surface area contributed by atoms with E-state index < -0.39 is 11.4 Å². The number of fused-ring (bicyclic) bond motifs is 1. The molecule has 7 heteroatoms. The van der Waals surface area contributed by atoms with Crippen molar-refractivity contribution < 1.29 is 23.7 Å². The number of halogens is 1. The van der Waals surface area contributed by atoms with Crippen molar-refractivity contribution in [3.63, 3.8) is 0 Å². The predicted octanol–water partition coefficient (Wildman–Crippen LogP) is 5.02. The van der Waals surface area contributed by atoms with E-state index in [1.54, 1.807) is 0 Å². The summed E-state index contributed by atoms with van der Waals surface area (Å²) in [6.45, 7) is 5.18. The molecule has 1 N–H and O–H groups in total. The first-order valence-electron chi connectivity index (χ1n) is 12.5. The maximum Gasteiger partial charge on any atom is 0.252 e. The first kappa shape index (κ1) is 24.7. The van der Waals surface area contributed by atoms with E-state index in [0.717, 1.165) is 11.1 Å². The Morgan fingerprint density at radius 1 is 1.03 bits per heavy atom. The van der Waals surface area contributed by atoms with Crippen molar-refractivity contribution in [1.29, 1.82) is 0 Å². The van der Waals surface area contributed by atoms with Gasteiger partial charge in [0.05, 0.1) is 25.4 Å². The average Bonchev–Trinajstić information content (AvgIpc) is 3.61. The molecule has 6 nitrogen and oxygen atoms in total. The van der Waals surface area contributed by atoms with E-state index in [4.69, 9.17) is 30.5 Å². The summed E-state index contributed by atoms with van der Waals surface area (Å²) in [4.78, 5) is 13.7. The summed E-state index contributed by atoms with van der Waals surface area (Å²) in [7, 11) is 0. The van der Waals surface area contributed by atoms with E-state index in [0.29, 0.717) is 43.5 Å². The summed E-state index contributed by atoms with van der Waals surface area (Å²) >= 11 is 6.17. The van der Waals surface area contributed by atoms with Crippen LogP contribution in [0.1, 0.15) is 50.7 Å². The molecule has 188 valence electrons. The first-order chi connectivity index (χ1) is 16.8. The van der Waals surface area contributed by atoms with Gasteiger partial charge in [-0.25, -0.2) is 0 Å². The molecule has 2 aromatic rings. The van der Waals surface area contributed by atoms with Crippen molar-refractivity contribution in [3.8, 4) is 0 Å². The first-order valence-corrected chi connectivity index (χ1v) is 12.9. The Bertz CT molecular complexity index is 1030. The lowest BCUT2D eigenvalue weighted by atomic mass is 9.78. The van der Waals surface area contributed by atoms with Crippen molar-refractivity contribution in [2.24, 2.45) is 5.92 Å². The summed E-state index contributed by atoms with van der Waals surface area (Å²) < 4.78 is 25.4. The standard InChI is InChI=1S/C28H34ClNO5/c1-27(2)34-24-15-28(26(31)30-16-19-11-12-19,33-18-20-7-4-3-5-8-20)14-23(25(24)35-27)32-17-21-9-6-10-22(29)13-21/h3-10,13,19,23-25H,11-12,14-18H2,1-2H3,(H,30,31)/t23-,24-,25+,28-/m1/s1. The van der Waals surface area contributed by atoms with Crippen molar-refractivity contribution in [2.45, 2.75) is 82.4 Å². The number of amides is 1. The van der Waals surface area contributed by atoms with Crippen LogP contribution in [0.25, 0.3) is 0 Å². The highest BCUT2D eigenvalue weighted by Gasteiger charge is 2.58. The largest absolute Gasteiger partial charge is 0.371 e. The molecule has 1 heterocycles. The third kappa shape index (κ3) is 6.07. The predicted molar refractivity (Wildman–Crippen MR) is 133 cm³/mol. The highest BCUT2D eigenvalue weighted by atomic mass is 35.5. The van der Waals surface area contributed by atoms with E-state index >= 15 is 0 Å². The Morgan fingerprint density at radius 2 is 1.80 bits per heavy atom. The van der Waals surface area contributed by atoms with Gasteiger partial charge < -0.3 is 24.3 Å². The van der Waals surface area contributed by atoms with Crippen LogP contribution in [-0.4, -0.2) is 42.2 Å². The van der Waals surface area contributed by atoms with E-state index in [2.05, 4.69) is 5.32 Å². The number of ether oxygens (including phenoxy) is 4. The van der Waals surface area contributed by atoms with Gasteiger partial charge in [0.15, 0.2) is 11.4 Å². The molecule has 5 rings (SSSR count). The summed E-state index contributed by atoms with van der Waals surface area (Å²) in [6, 6.07) is 17.5. The zero-order chi connectivity index (χ0) is 24.5. The maximum atomic E-state index is 13.7. The number of benzene rings is 2. The summed E-state index contributed by atoms with van der Waals surface area (Å²) in [5.74, 6) is -0.280. The van der Waals surface area contributed by atoms with Crippen LogP contribution in [0.4, 0.5) is 0 Å². The van der Waals surface area contributed by atoms with Crippen molar-refractivity contribution in [3.05, 3.63) is 70.7 Å². The quantitative estimate of drug-likeness (QED) is 0.524. The third-order valence-electron chi connectivity index (χ3n) is 7.02. The maximum absolute atomic E-state index is 13.7. The minimum Gasteiger partial charge on any atom is -0.371 e. The molecule has 4 atom stereocenters. The van der Waals surface area contributed by atoms with Crippen LogP contribution in [0.15, 0.2) is 54.6 Å². The van der Waals surface area contributed by atoms with Gasteiger partial charge in [-0.15, -0.1) is 0 Å². The van der Waals surface area contributed by atoms with E-state index in [1.165, 1.54) is 12.8 Å². The van der Waals surface area contributed by atoms with Gasteiger partial charge in [-0.3, -0.25) is 4.79 Å². The second-order valence-corrected chi connectivity index (χ2v) is 10.9. The molecule has 3 fully saturated rings. The lowest BCUT2D eigenvalue weighted by Gasteiger charge is -2.43. The number of carbonyl (C=O) groups is 1. The van der Waals surface area contributed by atoms with Gasteiger partial charge in [0.25, 0.3) is 5.91 Å². The highest BCUT2D eigenvalue weighted by molar-refractivity contribution is 6.30. The fourth-order valence-electron chi connectivity index (χ4n) is 5.05. The molecule has 2 aliphatic carbocycles. The van der Waals surface area contributed by atoms with E-state index in [9.17, 15) is 4.79 Å². The zero-order valence-electron chi connectivity index (χ0n) is 20.4. The number of nitrogens with one attached hydrogen (secondary N) is 1. The molecule has 3 aliphatic rings. The highest BCUT2D eigenvalue weighted by Crippen LogP contribution is 2.44. The Hall–Kier alpha value is -1.96. The normalized spacial score (nSPS) is 29.5. The molecule has 0 spiro atoms. The molecule has 0 bridgehead atoms. The van der Waals surface area contributed by atoms with Crippen molar-refractivity contribution >= 4 is 17.5 Å². The number of carbonyl (C=O) groups excluding carboxylic acids is 1. The molecule has 0 radical (unpaired) electrons. The number of hydrogen-bond acceptors (Lipinski definition) is 5. The van der Waals surface area contributed by atoms with Crippen LogP contribution in [0.3, 0.4) is 0 Å². The zero-order valence-corrected chi connectivity index (χ0v) is 21.1. The fraction of sp³-hybridized carbons (Fsp3) is 0.536. The van der Waals surface area contributed by atoms with Crippen LogP contribution in [0.5, 0.6) is 0 Å². The van der Waals surface area contributed by atoms with Gasteiger partial charge in [0.1, 0.15) is 6.10 Å². The van der Waals surface area contributed by atoms with Crippen molar-refractivity contribution in [2.75, 3.05) is 6.54 Å². The smallest absolute Gasteiger partial charge is 0.252 e. The van der Waals surface area contributed by atoms with E-state index in [-0.39, 0.29) is 24.2 Å². The Balaban J connectivity index is 1.39. The van der Waals surface area contributed by atoms with Crippen LogP contribution in [-0.2, 0) is 37.0 Å². The fourth-order valence-corrected chi connectivity index (χ4v) is 5.27.